The number of fused-ring (bicyclic) bond motifs is 2. The van der Waals surface area contributed by atoms with Crippen LogP contribution in [0.25, 0.3) is 10.9 Å². The van der Waals surface area contributed by atoms with Crippen molar-refractivity contribution in [2.24, 2.45) is 0 Å². The Morgan fingerprint density at radius 3 is 2.75 bits per heavy atom. The van der Waals surface area contributed by atoms with E-state index in [1.54, 1.807) is 6.07 Å². The molecule has 0 unspecified atom stereocenters. The zero-order valence-electron chi connectivity index (χ0n) is 13.0. The molecular weight excluding hydrogens is 304 g/mol. The number of aromatic nitrogens is 1. The summed E-state index contributed by atoms with van der Waals surface area (Å²) in [5.74, 6) is 1.26. The molecule has 0 spiro atoms. The molecule has 5 nitrogen and oxygen atoms in total. The molecule has 0 fully saturated rings. The Kier molecular flexibility index (Phi) is 3.75. The quantitative estimate of drug-likeness (QED) is 0.806. The number of hydrogen-bond donors (Lipinski definition) is 1. The molecule has 2 aromatic carbocycles. The van der Waals surface area contributed by atoms with E-state index in [1.807, 2.05) is 48.5 Å². The second-order valence-electron chi connectivity index (χ2n) is 5.55. The normalized spacial score (nSPS) is 12.8. The number of benzene rings is 2. The van der Waals surface area contributed by atoms with Crippen LogP contribution < -0.4 is 14.8 Å². The minimum Gasteiger partial charge on any atom is -0.486 e. The highest BCUT2D eigenvalue weighted by Crippen LogP contribution is 2.30. The van der Waals surface area contributed by atoms with E-state index in [0.29, 0.717) is 25.5 Å². The van der Waals surface area contributed by atoms with Crippen LogP contribution >= 0.6 is 0 Å². The van der Waals surface area contributed by atoms with Crippen LogP contribution in [0.4, 0.5) is 0 Å². The van der Waals surface area contributed by atoms with Crippen LogP contribution in [0.1, 0.15) is 16.1 Å². The van der Waals surface area contributed by atoms with Gasteiger partial charge in [-0.2, -0.15) is 0 Å². The minimum atomic E-state index is -0.198. The van der Waals surface area contributed by atoms with E-state index < -0.39 is 0 Å². The molecule has 0 aliphatic carbocycles. The summed E-state index contributed by atoms with van der Waals surface area (Å²) in [4.78, 5) is 16.7. The molecule has 1 aliphatic rings. The van der Waals surface area contributed by atoms with Gasteiger partial charge >= 0.3 is 0 Å². The first kappa shape index (κ1) is 14.5. The summed E-state index contributed by atoms with van der Waals surface area (Å²) < 4.78 is 11.0. The van der Waals surface area contributed by atoms with E-state index in [2.05, 4.69) is 10.3 Å². The number of para-hydroxylation sites is 1. The van der Waals surface area contributed by atoms with Gasteiger partial charge in [0.1, 0.15) is 18.9 Å². The molecule has 0 bridgehead atoms. The maximum atomic E-state index is 12.3. The summed E-state index contributed by atoms with van der Waals surface area (Å²) in [6.07, 6.45) is 0. The van der Waals surface area contributed by atoms with Gasteiger partial charge in [-0.05, 0) is 29.8 Å². The lowest BCUT2D eigenvalue weighted by Gasteiger charge is -2.18. The molecule has 1 N–H and O–H groups in total. The summed E-state index contributed by atoms with van der Waals surface area (Å²) in [5, 5.41) is 3.90. The summed E-state index contributed by atoms with van der Waals surface area (Å²) >= 11 is 0. The molecule has 1 aliphatic heterocycles. The van der Waals surface area contributed by atoms with Gasteiger partial charge in [-0.3, -0.25) is 4.79 Å². The van der Waals surface area contributed by atoms with E-state index in [9.17, 15) is 4.79 Å². The molecule has 1 amide bonds. The van der Waals surface area contributed by atoms with E-state index in [4.69, 9.17) is 9.47 Å². The summed E-state index contributed by atoms with van der Waals surface area (Å²) in [7, 11) is 0. The summed E-state index contributed by atoms with van der Waals surface area (Å²) in [6.45, 7) is 1.52. The first-order valence-electron chi connectivity index (χ1n) is 7.82. The average molecular weight is 320 g/mol. The molecular formula is C19H16N2O3. The second kappa shape index (κ2) is 6.20. The van der Waals surface area contributed by atoms with Crippen molar-refractivity contribution < 1.29 is 14.3 Å². The van der Waals surface area contributed by atoms with Crippen molar-refractivity contribution in [1.29, 1.82) is 0 Å². The van der Waals surface area contributed by atoms with Crippen molar-refractivity contribution in [2.75, 3.05) is 13.2 Å². The third-order valence-corrected chi connectivity index (χ3v) is 3.89. The topological polar surface area (TPSA) is 60.5 Å². The fourth-order valence-electron chi connectivity index (χ4n) is 2.66. The van der Waals surface area contributed by atoms with Gasteiger partial charge in [-0.25, -0.2) is 4.98 Å². The van der Waals surface area contributed by atoms with Crippen molar-refractivity contribution in [1.82, 2.24) is 10.3 Å². The van der Waals surface area contributed by atoms with Crippen LogP contribution in [-0.4, -0.2) is 24.1 Å². The highest BCUT2D eigenvalue weighted by atomic mass is 16.6. The van der Waals surface area contributed by atoms with E-state index in [1.165, 1.54) is 0 Å². The number of rotatable bonds is 3. The zero-order chi connectivity index (χ0) is 16.4. The van der Waals surface area contributed by atoms with Crippen molar-refractivity contribution in [3.05, 3.63) is 65.9 Å². The second-order valence-corrected chi connectivity index (χ2v) is 5.55. The van der Waals surface area contributed by atoms with Gasteiger partial charge in [0.2, 0.25) is 0 Å². The molecule has 1 aromatic heterocycles. The Bertz CT molecular complexity index is 908. The monoisotopic (exact) mass is 320 g/mol. The first-order valence-corrected chi connectivity index (χ1v) is 7.82. The molecule has 24 heavy (non-hydrogen) atoms. The highest BCUT2D eigenvalue weighted by Gasteiger charge is 2.13. The maximum absolute atomic E-state index is 12.3. The Morgan fingerprint density at radius 2 is 1.83 bits per heavy atom. The predicted molar refractivity (Wildman–Crippen MR) is 90.3 cm³/mol. The highest BCUT2D eigenvalue weighted by molar-refractivity contribution is 5.94. The van der Waals surface area contributed by atoms with Gasteiger partial charge in [-0.1, -0.05) is 30.3 Å². The van der Waals surface area contributed by atoms with Gasteiger partial charge in [0, 0.05) is 11.9 Å². The first-order chi connectivity index (χ1) is 11.8. The Balaban J connectivity index is 1.47. The average Bonchev–Trinajstić information content (AvgIpc) is 2.65. The third-order valence-electron chi connectivity index (χ3n) is 3.89. The van der Waals surface area contributed by atoms with Crippen LogP contribution in [0.3, 0.4) is 0 Å². The predicted octanol–water partition coefficient (Wildman–Crippen LogP) is 2.94. The molecule has 0 saturated carbocycles. The number of nitrogens with zero attached hydrogens (tertiary/aromatic N) is 1. The van der Waals surface area contributed by atoms with E-state index >= 15 is 0 Å². The molecule has 120 valence electrons. The number of ether oxygens (including phenoxy) is 2. The Hall–Kier alpha value is -3.08. The van der Waals surface area contributed by atoms with E-state index in [-0.39, 0.29) is 5.91 Å². The van der Waals surface area contributed by atoms with Gasteiger partial charge in [0.15, 0.2) is 11.5 Å². The van der Waals surface area contributed by atoms with Crippen molar-refractivity contribution in [2.45, 2.75) is 6.54 Å². The van der Waals surface area contributed by atoms with Gasteiger partial charge in [-0.15, -0.1) is 0 Å². The molecule has 4 rings (SSSR count). The van der Waals surface area contributed by atoms with Crippen molar-refractivity contribution >= 4 is 16.8 Å². The Labute approximate surface area is 139 Å². The van der Waals surface area contributed by atoms with Gasteiger partial charge in [0.05, 0.1) is 5.52 Å². The SMILES string of the molecule is O=C(NCc1ccc2c(c1)OCCO2)c1ccc2ccccc2n1. The minimum absolute atomic E-state index is 0.198. The van der Waals surface area contributed by atoms with Gasteiger partial charge in [0.25, 0.3) is 5.91 Å². The number of carbonyl (C=O) groups is 1. The zero-order valence-corrected chi connectivity index (χ0v) is 13.0. The van der Waals surface area contributed by atoms with Crippen molar-refractivity contribution in [3.8, 4) is 11.5 Å². The Morgan fingerprint density at radius 1 is 1.00 bits per heavy atom. The molecule has 2 heterocycles. The smallest absolute Gasteiger partial charge is 0.270 e. The van der Waals surface area contributed by atoms with E-state index in [0.717, 1.165) is 28.0 Å². The number of amides is 1. The van der Waals surface area contributed by atoms with Gasteiger partial charge < -0.3 is 14.8 Å². The number of nitrogens with one attached hydrogen (secondary N) is 1. The lowest BCUT2D eigenvalue weighted by Crippen LogP contribution is -2.24. The third kappa shape index (κ3) is 2.88. The molecule has 5 heteroatoms. The van der Waals surface area contributed by atoms with Crippen molar-refractivity contribution in [3.63, 3.8) is 0 Å². The number of hydrogen-bond acceptors (Lipinski definition) is 4. The van der Waals surface area contributed by atoms with Crippen LogP contribution in [0.15, 0.2) is 54.6 Å². The molecule has 0 saturated heterocycles. The van der Waals surface area contributed by atoms with Crippen LogP contribution in [-0.2, 0) is 6.54 Å². The fourth-order valence-corrected chi connectivity index (χ4v) is 2.66. The largest absolute Gasteiger partial charge is 0.486 e. The number of carbonyl (C=O) groups excluding carboxylic acids is 1. The lowest BCUT2D eigenvalue weighted by atomic mass is 10.2. The standard InChI is InChI=1S/C19H16N2O3/c22-19(16-7-6-14-3-1-2-4-15(14)21-16)20-12-13-5-8-17-18(11-13)24-10-9-23-17/h1-8,11H,9-10,12H2,(H,20,22). The molecule has 0 atom stereocenters. The summed E-state index contributed by atoms with van der Waals surface area (Å²) in [5.41, 5.74) is 2.17. The maximum Gasteiger partial charge on any atom is 0.270 e. The number of pyridine rings is 1. The van der Waals surface area contributed by atoms with Crippen LogP contribution in [0.5, 0.6) is 11.5 Å². The fraction of sp³-hybridized carbons (Fsp3) is 0.158. The summed E-state index contributed by atoms with van der Waals surface area (Å²) in [6, 6.07) is 17.0. The lowest BCUT2D eigenvalue weighted by molar-refractivity contribution is 0.0946. The van der Waals surface area contributed by atoms with Crippen LogP contribution in [0.2, 0.25) is 0 Å². The molecule has 3 aromatic rings. The molecule has 0 radical (unpaired) electrons. The van der Waals surface area contributed by atoms with Crippen LogP contribution in [0, 0.1) is 0 Å².